The summed E-state index contributed by atoms with van der Waals surface area (Å²) in [6, 6.07) is 8.35. The van der Waals surface area contributed by atoms with Crippen molar-refractivity contribution in [1.29, 1.82) is 0 Å². The molecule has 0 fully saturated rings. The van der Waals surface area contributed by atoms with E-state index in [1.807, 2.05) is 25.3 Å². The maximum atomic E-state index is 11.7. The summed E-state index contributed by atoms with van der Waals surface area (Å²) in [5, 5.41) is 3.21. The number of esters is 1. The second-order valence-electron chi connectivity index (χ2n) is 4.47. The lowest BCUT2D eigenvalue weighted by Gasteiger charge is -2.23. The van der Waals surface area contributed by atoms with Crippen molar-refractivity contribution in [3.05, 3.63) is 41.6 Å². The van der Waals surface area contributed by atoms with Crippen molar-refractivity contribution in [2.45, 2.75) is 19.4 Å². The first-order valence-electron chi connectivity index (χ1n) is 6.26. The van der Waals surface area contributed by atoms with Gasteiger partial charge in [0.05, 0.1) is 31.4 Å². The van der Waals surface area contributed by atoms with Crippen LogP contribution < -0.4 is 5.32 Å². The van der Waals surface area contributed by atoms with E-state index in [0.29, 0.717) is 13.0 Å². The number of carbonyl (C=O) groups excluding carboxylic acids is 1. The standard InChI is InChI=1S/C14H16N2O2/c1-2-18-14(17)7-12-10-5-3-4-6-11(10)13-8-15-9-16(12)13/h3-6,8,12,15H,2,7,9H2,1H3. The molecule has 1 N–H and O–H groups in total. The molecule has 4 nitrogen and oxygen atoms in total. The minimum atomic E-state index is -0.134. The third-order valence-electron chi connectivity index (χ3n) is 3.45. The van der Waals surface area contributed by atoms with Crippen LogP contribution in [0.5, 0.6) is 0 Å². The first-order valence-corrected chi connectivity index (χ1v) is 6.26. The molecule has 1 aromatic carbocycles. The van der Waals surface area contributed by atoms with Gasteiger partial charge >= 0.3 is 5.97 Å². The second-order valence-corrected chi connectivity index (χ2v) is 4.47. The monoisotopic (exact) mass is 244 g/mol. The van der Waals surface area contributed by atoms with Crippen molar-refractivity contribution in [2.24, 2.45) is 0 Å². The minimum absolute atomic E-state index is 0.0986. The van der Waals surface area contributed by atoms with E-state index in [0.717, 1.165) is 6.67 Å². The highest BCUT2D eigenvalue weighted by molar-refractivity contribution is 5.77. The van der Waals surface area contributed by atoms with E-state index in [2.05, 4.69) is 22.3 Å². The molecule has 1 unspecified atom stereocenters. The molecule has 0 aromatic heterocycles. The predicted octanol–water partition coefficient (Wildman–Crippen LogP) is 1.86. The number of fused-ring (bicyclic) bond motifs is 3. The van der Waals surface area contributed by atoms with Gasteiger partial charge in [0.25, 0.3) is 0 Å². The highest BCUT2D eigenvalue weighted by Crippen LogP contribution is 2.43. The van der Waals surface area contributed by atoms with Crippen molar-refractivity contribution >= 4 is 11.7 Å². The van der Waals surface area contributed by atoms with E-state index in [1.165, 1.54) is 16.8 Å². The molecule has 2 heterocycles. The van der Waals surface area contributed by atoms with E-state index in [-0.39, 0.29) is 12.0 Å². The second kappa shape index (κ2) is 4.37. The van der Waals surface area contributed by atoms with Gasteiger partial charge in [0.1, 0.15) is 0 Å². The molecule has 0 saturated carbocycles. The molecule has 18 heavy (non-hydrogen) atoms. The summed E-state index contributed by atoms with van der Waals surface area (Å²) < 4.78 is 5.06. The van der Waals surface area contributed by atoms with E-state index >= 15 is 0 Å². The van der Waals surface area contributed by atoms with Gasteiger partial charge in [-0.15, -0.1) is 0 Å². The van der Waals surface area contributed by atoms with E-state index in [1.54, 1.807) is 0 Å². The number of nitrogens with one attached hydrogen (secondary N) is 1. The number of nitrogens with zero attached hydrogens (tertiary/aromatic N) is 1. The Bertz CT molecular complexity index is 510. The van der Waals surface area contributed by atoms with E-state index in [9.17, 15) is 4.79 Å². The minimum Gasteiger partial charge on any atom is -0.466 e. The maximum absolute atomic E-state index is 11.7. The Morgan fingerprint density at radius 3 is 3.17 bits per heavy atom. The zero-order chi connectivity index (χ0) is 12.5. The normalized spacial score (nSPS) is 19.9. The summed E-state index contributed by atoms with van der Waals surface area (Å²) in [4.78, 5) is 13.9. The largest absolute Gasteiger partial charge is 0.466 e. The van der Waals surface area contributed by atoms with Gasteiger partial charge in [-0.2, -0.15) is 0 Å². The first kappa shape index (κ1) is 11.1. The van der Waals surface area contributed by atoms with Gasteiger partial charge in [-0.1, -0.05) is 24.3 Å². The molecule has 0 saturated heterocycles. The molecule has 0 aliphatic carbocycles. The van der Waals surface area contributed by atoms with Gasteiger partial charge < -0.3 is 15.0 Å². The SMILES string of the molecule is CCOC(=O)CC1c2ccccc2C2=CNCN21. The summed E-state index contributed by atoms with van der Waals surface area (Å²) in [6.45, 7) is 3.03. The third-order valence-corrected chi connectivity index (χ3v) is 3.45. The maximum Gasteiger partial charge on any atom is 0.308 e. The van der Waals surface area contributed by atoms with Gasteiger partial charge in [0.15, 0.2) is 0 Å². The molecule has 2 aliphatic rings. The molecular formula is C14H16N2O2. The molecule has 1 aromatic rings. The Balaban J connectivity index is 1.91. The quantitative estimate of drug-likeness (QED) is 0.824. The van der Waals surface area contributed by atoms with Gasteiger partial charge in [0, 0.05) is 11.8 Å². The lowest BCUT2D eigenvalue weighted by Crippen LogP contribution is -2.26. The fourth-order valence-corrected chi connectivity index (χ4v) is 2.71. The number of hydrogen-bond acceptors (Lipinski definition) is 4. The van der Waals surface area contributed by atoms with Crippen LogP contribution in [-0.4, -0.2) is 24.1 Å². The summed E-state index contributed by atoms with van der Waals surface area (Å²) in [5.41, 5.74) is 3.62. The van der Waals surface area contributed by atoms with Crippen LogP contribution in [0.1, 0.15) is 30.5 Å². The summed E-state index contributed by atoms with van der Waals surface area (Å²) in [6.07, 6.45) is 2.42. The molecule has 94 valence electrons. The van der Waals surface area contributed by atoms with Crippen LogP contribution >= 0.6 is 0 Å². The highest BCUT2D eigenvalue weighted by atomic mass is 16.5. The Kier molecular flexibility index (Phi) is 2.70. The molecule has 0 amide bonds. The molecule has 0 radical (unpaired) electrons. The molecular weight excluding hydrogens is 228 g/mol. The third kappa shape index (κ3) is 1.65. The van der Waals surface area contributed by atoms with E-state index < -0.39 is 0 Å². The average molecular weight is 244 g/mol. The van der Waals surface area contributed by atoms with Crippen LogP contribution in [0.25, 0.3) is 5.70 Å². The first-order chi connectivity index (χ1) is 8.81. The van der Waals surface area contributed by atoms with Crippen LogP contribution in [0, 0.1) is 0 Å². The lowest BCUT2D eigenvalue weighted by molar-refractivity contribution is -0.144. The smallest absolute Gasteiger partial charge is 0.308 e. The van der Waals surface area contributed by atoms with Crippen LogP contribution in [0.2, 0.25) is 0 Å². The predicted molar refractivity (Wildman–Crippen MR) is 68.3 cm³/mol. The van der Waals surface area contributed by atoms with Gasteiger partial charge in [-0.05, 0) is 12.5 Å². The van der Waals surface area contributed by atoms with Crippen LogP contribution in [-0.2, 0) is 9.53 Å². The van der Waals surface area contributed by atoms with Crippen molar-refractivity contribution in [1.82, 2.24) is 10.2 Å². The number of benzene rings is 1. The Morgan fingerprint density at radius 1 is 1.50 bits per heavy atom. The molecule has 3 rings (SSSR count). The lowest BCUT2D eigenvalue weighted by atomic mass is 10.0. The Hall–Kier alpha value is -1.97. The topological polar surface area (TPSA) is 41.6 Å². The van der Waals surface area contributed by atoms with Crippen molar-refractivity contribution in [3.63, 3.8) is 0 Å². The molecule has 4 heteroatoms. The zero-order valence-corrected chi connectivity index (χ0v) is 10.3. The number of rotatable bonds is 3. The van der Waals surface area contributed by atoms with Gasteiger partial charge in [-0.3, -0.25) is 4.79 Å². The fraction of sp³-hybridized carbons (Fsp3) is 0.357. The molecule has 1 atom stereocenters. The molecule has 2 aliphatic heterocycles. The fourth-order valence-electron chi connectivity index (χ4n) is 2.71. The number of hydrogen-bond donors (Lipinski definition) is 1. The van der Waals surface area contributed by atoms with Gasteiger partial charge in [-0.25, -0.2) is 0 Å². The summed E-state index contributed by atoms with van der Waals surface area (Å²) >= 11 is 0. The van der Waals surface area contributed by atoms with E-state index in [4.69, 9.17) is 4.74 Å². The summed E-state index contributed by atoms with van der Waals surface area (Å²) in [7, 11) is 0. The molecule has 0 spiro atoms. The van der Waals surface area contributed by atoms with Crippen LogP contribution in [0.4, 0.5) is 0 Å². The zero-order valence-electron chi connectivity index (χ0n) is 10.3. The number of ether oxygens (including phenoxy) is 1. The van der Waals surface area contributed by atoms with Crippen molar-refractivity contribution in [3.8, 4) is 0 Å². The Morgan fingerprint density at radius 2 is 2.33 bits per heavy atom. The van der Waals surface area contributed by atoms with Crippen LogP contribution in [0.3, 0.4) is 0 Å². The van der Waals surface area contributed by atoms with Crippen molar-refractivity contribution < 1.29 is 9.53 Å². The van der Waals surface area contributed by atoms with Crippen LogP contribution in [0.15, 0.2) is 30.5 Å². The Labute approximate surface area is 106 Å². The summed E-state index contributed by atoms with van der Waals surface area (Å²) in [5.74, 6) is -0.134. The molecule has 0 bridgehead atoms. The van der Waals surface area contributed by atoms with Crippen molar-refractivity contribution in [2.75, 3.05) is 13.3 Å². The highest BCUT2D eigenvalue weighted by Gasteiger charge is 2.36. The average Bonchev–Trinajstić information content (AvgIpc) is 2.93. The van der Waals surface area contributed by atoms with Gasteiger partial charge in [0.2, 0.25) is 0 Å². The number of carbonyl (C=O) groups is 1.